The average Bonchev–Trinajstić information content (AvgIpc) is 2.04. The van der Waals surface area contributed by atoms with Crippen LogP contribution >= 0.6 is 11.6 Å². The molecule has 2 atom stereocenters. The molecule has 0 saturated carbocycles. The van der Waals surface area contributed by atoms with Gasteiger partial charge in [-0.25, -0.2) is 0 Å². The first-order valence-electron chi connectivity index (χ1n) is 4.53. The van der Waals surface area contributed by atoms with E-state index < -0.39 is 0 Å². The third kappa shape index (κ3) is 5.81. The highest BCUT2D eigenvalue weighted by Gasteiger charge is 2.11. The first-order valence-corrected chi connectivity index (χ1v) is 4.96. The Morgan fingerprint density at radius 2 is 2.00 bits per heavy atom. The Bertz CT molecular complexity index is 98.5. The van der Waals surface area contributed by atoms with Crippen LogP contribution in [0.3, 0.4) is 0 Å². The maximum absolute atomic E-state index is 5.84. The topological polar surface area (TPSA) is 18.5 Å². The van der Waals surface area contributed by atoms with Gasteiger partial charge in [0.1, 0.15) is 0 Å². The molecule has 2 unspecified atom stereocenters. The Morgan fingerprint density at radius 3 is 2.42 bits per heavy atom. The van der Waals surface area contributed by atoms with Crippen LogP contribution in [0.5, 0.6) is 0 Å². The summed E-state index contributed by atoms with van der Waals surface area (Å²) in [6, 6.07) is 0. The van der Waals surface area contributed by atoms with Gasteiger partial charge in [-0.1, -0.05) is 31.9 Å². The second kappa shape index (κ2) is 7.84. The van der Waals surface area contributed by atoms with Crippen molar-refractivity contribution in [2.24, 2.45) is 0 Å². The van der Waals surface area contributed by atoms with E-state index in [0.29, 0.717) is 6.61 Å². The van der Waals surface area contributed by atoms with Gasteiger partial charge in [-0.3, -0.25) is 0 Å². The number of hydrogen-bond acceptors (Lipinski definition) is 2. The lowest BCUT2D eigenvalue weighted by molar-refractivity contribution is -0.0119. The predicted octanol–water partition coefficient (Wildman–Crippen LogP) is 2.79. The van der Waals surface area contributed by atoms with Crippen molar-refractivity contribution in [1.29, 1.82) is 0 Å². The van der Waals surface area contributed by atoms with Gasteiger partial charge < -0.3 is 9.47 Å². The van der Waals surface area contributed by atoms with E-state index in [1.165, 1.54) is 0 Å². The molecule has 0 aromatic carbocycles. The number of alkyl halides is 1. The summed E-state index contributed by atoms with van der Waals surface area (Å²) in [6.45, 7) is 4.71. The largest absolute Gasteiger partial charge is 0.381 e. The Morgan fingerprint density at radius 1 is 1.33 bits per heavy atom. The Hall–Kier alpha value is 0.210. The van der Waals surface area contributed by atoms with E-state index in [4.69, 9.17) is 21.1 Å². The molecule has 3 heteroatoms. The van der Waals surface area contributed by atoms with E-state index in [1.54, 1.807) is 7.11 Å². The number of ether oxygens (including phenoxy) is 2. The maximum atomic E-state index is 5.84. The van der Waals surface area contributed by atoms with Crippen LogP contribution in [0.25, 0.3) is 0 Å². The number of methoxy groups -OCH3 is 1. The minimum atomic E-state index is -0.300. The second-order valence-electron chi connectivity index (χ2n) is 2.82. The molecule has 0 heterocycles. The summed E-state index contributed by atoms with van der Waals surface area (Å²) in [6.07, 6.45) is 3.51. The third-order valence-electron chi connectivity index (χ3n) is 1.70. The molecular weight excluding hydrogens is 176 g/mol. The summed E-state index contributed by atoms with van der Waals surface area (Å²) in [7, 11) is 1.62. The molecule has 0 aliphatic rings. The van der Waals surface area contributed by atoms with Crippen LogP contribution in [-0.2, 0) is 9.47 Å². The van der Waals surface area contributed by atoms with Crippen molar-refractivity contribution in [2.75, 3.05) is 13.7 Å². The van der Waals surface area contributed by atoms with Gasteiger partial charge in [-0.2, -0.15) is 0 Å². The predicted molar refractivity (Wildman–Crippen MR) is 51.6 cm³/mol. The molecule has 12 heavy (non-hydrogen) atoms. The highest BCUT2D eigenvalue weighted by molar-refractivity contribution is 6.19. The first-order chi connectivity index (χ1) is 5.74. The van der Waals surface area contributed by atoms with Crippen molar-refractivity contribution in [3.8, 4) is 0 Å². The minimum absolute atomic E-state index is 0.285. The number of halogens is 1. The molecule has 0 spiro atoms. The molecule has 0 fully saturated rings. The van der Waals surface area contributed by atoms with Crippen LogP contribution in [-0.4, -0.2) is 25.4 Å². The van der Waals surface area contributed by atoms with E-state index >= 15 is 0 Å². The molecule has 0 saturated heterocycles. The zero-order valence-electron chi connectivity index (χ0n) is 8.18. The fraction of sp³-hybridized carbons (Fsp3) is 1.00. The molecule has 0 rings (SSSR count). The Balaban J connectivity index is 3.53. The van der Waals surface area contributed by atoms with Crippen molar-refractivity contribution in [3.05, 3.63) is 0 Å². The molecule has 0 radical (unpaired) electrons. The second-order valence-corrected chi connectivity index (χ2v) is 3.31. The number of hydrogen-bond donors (Lipinski definition) is 0. The first kappa shape index (κ1) is 12.2. The third-order valence-corrected chi connectivity index (χ3v) is 1.93. The van der Waals surface area contributed by atoms with Gasteiger partial charge in [0, 0.05) is 7.11 Å². The molecule has 0 N–H and O–H groups in total. The highest BCUT2D eigenvalue weighted by atomic mass is 35.5. The Labute approximate surface area is 80.2 Å². The molecule has 0 aliphatic carbocycles. The summed E-state index contributed by atoms with van der Waals surface area (Å²) in [5, 5.41) is 0. The zero-order chi connectivity index (χ0) is 9.40. The van der Waals surface area contributed by atoms with Crippen molar-refractivity contribution in [2.45, 2.75) is 44.8 Å². The Kier molecular flexibility index (Phi) is 7.98. The maximum Gasteiger partial charge on any atom is 0.154 e. The van der Waals surface area contributed by atoms with Gasteiger partial charge in [0.2, 0.25) is 0 Å². The summed E-state index contributed by atoms with van der Waals surface area (Å²) >= 11 is 5.84. The molecule has 0 bridgehead atoms. The quantitative estimate of drug-likeness (QED) is 0.581. The summed E-state index contributed by atoms with van der Waals surface area (Å²) < 4.78 is 10.4. The fourth-order valence-electron chi connectivity index (χ4n) is 1.07. The number of rotatable bonds is 7. The molecule has 0 aromatic rings. The fourth-order valence-corrected chi connectivity index (χ4v) is 1.34. The molecular formula is C9H19ClO2. The highest BCUT2D eigenvalue weighted by Crippen LogP contribution is 2.11. The van der Waals surface area contributed by atoms with Crippen LogP contribution in [0.4, 0.5) is 0 Å². The average molecular weight is 195 g/mol. The molecule has 0 aliphatic heterocycles. The van der Waals surface area contributed by atoms with Crippen molar-refractivity contribution < 1.29 is 9.47 Å². The summed E-state index contributed by atoms with van der Waals surface area (Å²) in [4.78, 5) is 0. The molecule has 74 valence electrons. The summed E-state index contributed by atoms with van der Waals surface area (Å²) in [5.74, 6) is 0. The van der Waals surface area contributed by atoms with Gasteiger partial charge in [0.05, 0.1) is 12.7 Å². The van der Waals surface area contributed by atoms with E-state index in [2.05, 4.69) is 13.8 Å². The van der Waals surface area contributed by atoms with Crippen LogP contribution in [0.2, 0.25) is 0 Å². The smallest absolute Gasteiger partial charge is 0.154 e. The molecule has 0 amide bonds. The van der Waals surface area contributed by atoms with Crippen LogP contribution < -0.4 is 0 Å². The van der Waals surface area contributed by atoms with E-state index in [0.717, 1.165) is 19.3 Å². The van der Waals surface area contributed by atoms with Crippen molar-refractivity contribution >= 4 is 11.6 Å². The van der Waals surface area contributed by atoms with Crippen molar-refractivity contribution in [3.63, 3.8) is 0 Å². The minimum Gasteiger partial charge on any atom is -0.381 e. The summed E-state index contributed by atoms with van der Waals surface area (Å²) in [5.41, 5.74) is -0.300. The molecule has 2 nitrogen and oxygen atoms in total. The van der Waals surface area contributed by atoms with Gasteiger partial charge in [-0.05, 0) is 12.8 Å². The van der Waals surface area contributed by atoms with Crippen LogP contribution in [0.15, 0.2) is 0 Å². The lowest BCUT2D eigenvalue weighted by Crippen LogP contribution is -2.20. The lowest BCUT2D eigenvalue weighted by atomic mass is 10.2. The zero-order valence-corrected chi connectivity index (χ0v) is 8.93. The van der Waals surface area contributed by atoms with Crippen LogP contribution in [0.1, 0.15) is 33.1 Å². The lowest BCUT2D eigenvalue weighted by Gasteiger charge is -2.18. The standard InChI is InChI=1S/C9H19ClO2/c1-4-6-8(5-2)12-9(10)7-11-3/h8-9H,4-7H2,1-3H3. The van der Waals surface area contributed by atoms with Gasteiger partial charge in [-0.15, -0.1) is 0 Å². The van der Waals surface area contributed by atoms with Crippen LogP contribution in [0, 0.1) is 0 Å². The molecule has 0 aromatic heterocycles. The SMILES string of the molecule is CCCC(CC)OC(Cl)COC. The van der Waals surface area contributed by atoms with E-state index in [9.17, 15) is 0 Å². The normalized spacial score (nSPS) is 16.0. The van der Waals surface area contributed by atoms with E-state index in [1.807, 2.05) is 0 Å². The monoisotopic (exact) mass is 194 g/mol. The van der Waals surface area contributed by atoms with E-state index in [-0.39, 0.29) is 11.7 Å². The van der Waals surface area contributed by atoms with Gasteiger partial charge in [0.25, 0.3) is 0 Å². The van der Waals surface area contributed by atoms with Crippen molar-refractivity contribution in [1.82, 2.24) is 0 Å². The van der Waals surface area contributed by atoms with Gasteiger partial charge >= 0.3 is 0 Å². The van der Waals surface area contributed by atoms with Gasteiger partial charge in [0.15, 0.2) is 5.56 Å².